The summed E-state index contributed by atoms with van der Waals surface area (Å²) >= 11 is 1.56. The first kappa shape index (κ1) is 14.8. The Kier molecular flexibility index (Phi) is 3.52. The third-order valence-corrected chi connectivity index (χ3v) is 5.10. The lowest BCUT2D eigenvalue weighted by Gasteiger charge is -2.32. The van der Waals surface area contributed by atoms with Crippen molar-refractivity contribution in [2.24, 2.45) is 0 Å². The number of rotatable bonds is 3. The van der Waals surface area contributed by atoms with Gasteiger partial charge in [-0.25, -0.2) is 15.0 Å². The molecule has 114 valence electrons. The maximum absolute atomic E-state index is 8.16. The van der Waals surface area contributed by atoms with E-state index >= 15 is 0 Å². The highest BCUT2D eigenvalue weighted by Crippen LogP contribution is 2.44. The van der Waals surface area contributed by atoms with Crippen LogP contribution in [-0.2, 0) is 5.41 Å². The number of aryl methyl sites for hydroxylation is 1. The largest absolute Gasteiger partial charge is 0.312 e. The van der Waals surface area contributed by atoms with Crippen molar-refractivity contribution in [1.82, 2.24) is 15.0 Å². The number of anilines is 2. The van der Waals surface area contributed by atoms with E-state index in [9.17, 15) is 0 Å². The Morgan fingerprint density at radius 1 is 1.41 bits per heavy atom. The van der Waals surface area contributed by atoms with Crippen molar-refractivity contribution in [3.63, 3.8) is 0 Å². The fourth-order valence-electron chi connectivity index (χ4n) is 2.70. The summed E-state index contributed by atoms with van der Waals surface area (Å²) in [4.78, 5) is 14.3. The fraction of sp³-hybridized carbons (Fsp3) is 0.400. The van der Waals surface area contributed by atoms with E-state index in [1.165, 1.54) is 6.21 Å². The first-order chi connectivity index (χ1) is 10.4. The summed E-state index contributed by atoms with van der Waals surface area (Å²) in [5, 5.41) is 19.6. The van der Waals surface area contributed by atoms with Gasteiger partial charge in [0.15, 0.2) is 5.13 Å². The molecular weight excluding hydrogens is 296 g/mol. The molecule has 3 N–H and O–H groups in total. The monoisotopic (exact) mass is 314 g/mol. The van der Waals surface area contributed by atoms with Crippen molar-refractivity contribution in [1.29, 1.82) is 10.8 Å². The quantitative estimate of drug-likeness (QED) is 0.756. The Balaban J connectivity index is 2.00. The van der Waals surface area contributed by atoms with Gasteiger partial charge in [-0.05, 0) is 19.4 Å². The van der Waals surface area contributed by atoms with Crippen LogP contribution in [0.1, 0.15) is 42.5 Å². The van der Waals surface area contributed by atoms with Gasteiger partial charge < -0.3 is 16.1 Å². The number of fused-ring (bicyclic) bond motifs is 1. The van der Waals surface area contributed by atoms with Crippen LogP contribution < -0.4 is 5.32 Å². The third-order valence-electron chi connectivity index (χ3n) is 3.75. The number of hydrogen-bond acceptors (Lipinski definition) is 7. The molecule has 7 heteroatoms. The summed E-state index contributed by atoms with van der Waals surface area (Å²) in [7, 11) is 0. The zero-order valence-electron chi connectivity index (χ0n) is 12.8. The van der Waals surface area contributed by atoms with Crippen molar-refractivity contribution in [2.45, 2.75) is 38.5 Å². The molecule has 6 nitrogen and oxygen atoms in total. The van der Waals surface area contributed by atoms with Gasteiger partial charge in [0.1, 0.15) is 0 Å². The molecule has 3 rings (SSSR count). The summed E-state index contributed by atoms with van der Waals surface area (Å²) in [5.74, 6) is 0.207. The first-order valence-electron chi connectivity index (χ1n) is 7.06. The second-order valence-electron chi connectivity index (χ2n) is 6.11. The summed E-state index contributed by atoms with van der Waals surface area (Å²) in [6.45, 7) is 6.15. The lowest BCUT2D eigenvalue weighted by atomic mass is 9.74. The van der Waals surface area contributed by atoms with Gasteiger partial charge in [0, 0.05) is 34.1 Å². The molecule has 0 amide bonds. The minimum Gasteiger partial charge on any atom is -0.312 e. The van der Waals surface area contributed by atoms with Gasteiger partial charge in [-0.3, -0.25) is 0 Å². The molecule has 0 saturated carbocycles. The molecule has 0 fully saturated rings. The van der Waals surface area contributed by atoms with Gasteiger partial charge in [0.25, 0.3) is 0 Å². The standard InChI is InChI=1S/C15H18N6S/c1-8-4-5-18-13(19-8)21-14-20-11-9(7-16)10(17)6-15(2,3)12(11)22-14/h4-5,7,9,16-17H,6H2,1-3H3,(H,18,19,20,21). The van der Waals surface area contributed by atoms with E-state index in [1.54, 1.807) is 17.5 Å². The predicted octanol–water partition coefficient (Wildman–Crippen LogP) is 3.42. The van der Waals surface area contributed by atoms with Crippen LogP contribution in [0.25, 0.3) is 0 Å². The van der Waals surface area contributed by atoms with Gasteiger partial charge >= 0.3 is 0 Å². The molecule has 0 bridgehead atoms. The van der Waals surface area contributed by atoms with Crippen molar-refractivity contribution < 1.29 is 0 Å². The first-order valence-corrected chi connectivity index (χ1v) is 7.88. The molecule has 1 atom stereocenters. The van der Waals surface area contributed by atoms with Crippen LogP contribution in [0.4, 0.5) is 11.1 Å². The number of nitrogens with zero attached hydrogens (tertiary/aromatic N) is 3. The number of nitrogens with one attached hydrogen (secondary N) is 3. The molecule has 0 radical (unpaired) electrons. The Bertz CT molecular complexity index is 748. The van der Waals surface area contributed by atoms with E-state index in [0.717, 1.165) is 16.3 Å². The molecule has 0 aliphatic heterocycles. The molecule has 22 heavy (non-hydrogen) atoms. The molecule has 1 aliphatic rings. The Morgan fingerprint density at radius 2 is 2.18 bits per heavy atom. The van der Waals surface area contributed by atoms with Gasteiger partial charge in [-0.2, -0.15) is 0 Å². The van der Waals surface area contributed by atoms with E-state index in [1.807, 2.05) is 13.0 Å². The summed E-state index contributed by atoms with van der Waals surface area (Å²) in [6.07, 6.45) is 3.67. The van der Waals surface area contributed by atoms with Crippen molar-refractivity contribution in [3.8, 4) is 0 Å². The summed E-state index contributed by atoms with van der Waals surface area (Å²) in [6, 6.07) is 1.84. The van der Waals surface area contributed by atoms with E-state index < -0.39 is 0 Å². The normalized spacial score (nSPS) is 19.6. The van der Waals surface area contributed by atoms with Crippen molar-refractivity contribution >= 4 is 34.3 Å². The average molecular weight is 314 g/mol. The minimum atomic E-state index is -0.312. The minimum absolute atomic E-state index is 0.128. The van der Waals surface area contributed by atoms with E-state index in [2.05, 4.69) is 34.1 Å². The predicted molar refractivity (Wildman–Crippen MR) is 89.1 cm³/mol. The molecule has 0 saturated heterocycles. The topological polar surface area (TPSA) is 98.4 Å². The van der Waals surface area contributed by atoms with Crippen LogP contribution in [0.5, 0.6) is 0 Å². The summed E-state index contributed by atoms with van der Waals surface area (Å²) < 4.78 is 0. The molecule has 1 unspecified atom stereocenters. The van der Waals surface area contributed by atoms with Crippen LogP contribution in [0.15, 0.2) is 12.3 Å². The molecule has 1 aliphatic carbocycles. The summed E-state index contributed by atoms with van der Waals surface area (Å²) in [5.41, 5.74) is 2.13. The molecule has 2 aromatic heterocycles. The van der Waals surface area contributed by atoms with Crippen molar-refractivity contribution in [3.05, 3.63) is 28.5 Å². The van der Waals surface area contributed by atoms with Crippen LogP contribution >= 0.6 is 11.3 Å². The second kappa shape index (κ2) is 5.24. The van der Waals surface area contributed by atoms with Crippen LogP contribution in [0, 0.1) is 17.7 Å². The highest BCUT2D eigenvalue weighted by molar-refractivity contribution is 7.16. The van der Waals surface area contributed by atoms with Crippen molar-refractivity contribution in [2.75, 3.05) is 5.32 Å². The highest BCUT2D eigenvalue weighted by atomic mass is 32.1. The van der Waals surface area contributed by atoms with E-state index in [0.29, 0.717) is 23.2 Å². The number of thiazole rings is 1. The molecular formula is C15H18N6S. The number of hydrogen-bond donors (Lipinski definition) is 3. The lowest BCUT2D eigenvalue weighted by Crippen LogP contribution is -2.32. The highest BCUT2D eigenvalue weighted by Gasteiger charge is 2.38. The molecule has 2 heterocycles. The van der Waals surface area contributed by atoms with Crippen LogP contribution in [0.2, 0.25) is 0 Å². The Labute approximate surface area is 133 Å². The Hall–Kier alpha value is -2.15. The molecule has 2 aromatic rings. The van der Waals surface area contributed by atoms with E-state index in [-0.39, 0.29) is 11.3 Å². The lowest BCUT2D eigenvalue weighted by molar-refractivity contribution is 0.535. The van der Waals surface area contributed by atoms with Crippen LogP contribution in [0.3, 0.4) is 0 Å². The van der Waals surface area contributed by atoms with Gasteiger partial charge in [-0.1, -0.05) is 13.8 Å². The SMILES string of the molecule is Cc1ccnc(Nc2nc3c(s2)C(C)(C)CC(=N)C3C=N)n1. The van der Waals surface area contributed by atoms with E-state index in [4.69, 9.17) is 10.8 Å². The Morgan fingerprint density at radius 3 is 2.86 bits per heavy atom. The second-order valence-corrected chi connectivity index (χ2v) is 7.11. The van der Waals surface area contributed by atoms with Gasteiger partial charge in [0.2, 0.25) is 5.95 Å². The van der Waals surface area contributed by atoms with Gasteiger partial charge in [0.05, 0.1) is 11.6 Å². The fourth-order valence-corrected chi connectivity index (χ4v) is 3.80. The maximum Gasteiger partial charge on any atom is 0.229 e. The third kappa shape index (κ3) is 2.52. The van der Waals surface area contributed by atoms with Gasteiger partial charge in [-0.15, -0.1) is 11.3 Å². The molecule has 0 aromatic carbocycles. The smallest absolute Gasteiger partial charge is 0.229 e. The van der Waals surface area contributed by atoms with Crippen LogP contribution in [-0.4, -0.2) is 26.9 Å². The maximum atomic E-state index is 8.16. The zero-order valence-corrected chi connectivity index (χ0v) is 13.6. The average Bonchev–Trinajstić information content (AvgIpc) is 2.83. The molecule has 0 spiro atoms. The zero-order chi connectivity index (χ0) is 15.9. The number of aromatic nitrogens is 3.